The van der Waals surface area contributed by atoms with Crippen molar-refractivity contribution in [3.63, 3.8) is 0 Å². The number of benzene rings is 2. The molecule has 0 bridgehead atoms. The average molecular weight is 1410 g/mol. The normalized spacial score (nSPS) is 18.1. The van der Waals surface area contributed by atoms with Gasteiger partial charge in [-0.25, -0.2) is 0 Å². The van der Waals surface area contributed by atoms with Gasteiger partial charge in [-0.05, 0) is 101 Å². The topological polar surface area (TPSA) is 458 Å². The molecule has 0 spiro atoms. The van der Waals surface area contributed by atoms with Crippen LogP contribution in [0.15, 0.2) is 58.5 Å². The summed E-state index contributed by atoms with van der Waals surface area (Å²) in [5.74, 6) is -6.97. The van der Waals surface area contributed by atoms with Crippen molar-refractivity contribution < 1.29 is 108 Å². The molecule has 2 saturated heterocycles. The Morgan fingerprint density at radius 3 is 0.794 bits per heavy atom. The first-order valence-corrected chi connectivity index (χ1v) is 30.5. The molecule has 7 N–H and O–H groups in total. The van der Waals surface area contributed by atoms with Crippen molar-refractivity contribution in [3.8, 4) is 0 Å². The third kappa shape index (κ3) is 48.7. The molecule has 4 rings (SSSR count). The van der Waals surface area contributed by atoms with E-state index in [0.717, 1.165) is 24.2 Å². The molecule has 2 heterocycles. The lowest BCUT2D eigenvalue weighted by Gasteiger charge is -2.36. The van der Waals surface area contributed by atoms with E-state index in [0.29, 0.717) is 116 Å². The van der Waals surface area contributed by atoms with E-state index in [1.165, 1.54) is 0 Å². The Kier molecular flexibility index (Phi) is 51.8. The summed E-state index contributed by atoms with van der Waals surface area (Å²) < 4.78 is 0. The van der Waals surface area contributed by atoms with E-state index in [2.05, 4.69) is 64.3 Å². The SMILES string of the molecule is CN1CCN(C)CCN(CC(=O)O)C(Cc2ccc(N=C=S)cc2)CN(CC(=O)O)CCN(CC(=O)O)CC1.CN1CCN(C)CCN(CC(=O)O)CC(Cc2ccc(N=C=S)cc2)N(CC(=O)O)CCN(CC(=O)O)CCN(CC(=O)O)CC1.O=C=O.O=C=O.O=C=O.O=C=O. The van der Waals surface area contributed by atoms with Crippen molar-refractivity contribution in [3.05, 3.63) is 59.7 Å². The Labute approximate surface area is 571 Å². The van der Waals surface area contributed by atoms with Gasteiger partial charge in [0.1, 0.15) is 0 Å². The third-order valence-electron chi connectivity index (χ3n) is 14.7. The molecule has 0 aromatic heterocycles. The second-order valence-corrected chi connectivity index (χ2v) is 22.4. The number of likely N-dealkylation sites (N-methyl/N-ethyl adjacent to an activating group) is 4. The number of carbonyl (C=O) groups is 7. The zero-order chi connectivity index (χ0) is 73.7. The van der Waals surface area contributed by atoms with Crippen LogP contribution in [0.2, 0.25) is 0 Å². The van der Waals surface area contributed by atoms with Gasteiger partial charge in [-0.2, -0.15) is 48.3 Å². The van der Waals surface area contributed by atoms with E-state index >= 15 is 0 Å². The van der Waals surface area contributed by atoms with Gasteiger partial charge in [-0.1, -0.05) is 24.3 Å². The van der Waals surface area contributed by atoms with Crippen LogP contribution < -0.4 is 0 Å². The first-order valence-electron chi connectivity index (χ1n) is 29.7. The Morgan fingerprint density at radius 1 is 0.340 bits per heavy atom. The highest BCUT2D eigenvalue weighted by molar-refractivity contribution is 7.78. The molecule has 2 aromatic rings. The highest BCUT2D eigenvalue weighted by Crippen LogP contribution is 2.19. The van der Waals surface area contributed by atoms with Crippen molar-refractivity contribution in [2.45, 2.75) is 24.9 Å². The zero-order valence-corrected chi connectivity index (χ0v) is 56.3. The molecule has 0 aliphatic carbocycles. The largest absolute Gasteiger partial charge is 0.480 e. The average Bonchev–Trinajstić information content (AvgIpc) is 1.15. The molecule has 2 aliphatic rings. The van der Waals surface area contributed by atoms with Crippen LogP contribution in [0, 0.1) is 0 Å². The molecular formula is C60H87N13O22S2. The van der Waals surface area contributed by atoms with Gasteiger partial charge >= 0.3 is 66.4 Å². The molecule has 0 amide bonds. The van der Waals surface area contributed by atoms with E-state index in [-0.39, 0.29) is 103 Å². The van der Waals surface area contributed by atoms with Crippen LogP contribution in [0.3, 0.4) is 0 Å². The smallest absolute Gasteiger partial charge is 0.373 e. The molecule has 0 radical (unpaired) electrons. The van der Waals surface area contributed by atoms with Gasteiger partial charge in [0.05, 0.1) is 67.5 Å². The summed E-state index contributed by atoms with van der Waals surface area (Å²) in [6.45, 7) is 8.09. The number of aliphatic carboxylic acids is 7. The predicted molar refractivity (Wildman–Crippen MR) is 346 cm³/mol. The Hall–Kier alpha value is -8.59. The van der Waals surface area contributed by atoms with Crippen LogP contribution in [0.25, 0.3) is 0 Å². The van der Waals surface area contributed by atoms with E-state index in [9.17, 15) is 69.3 Å². The predicted octanol–water partition coefficient (Wildman–Crippen LogP) is -2.21. The number of carboxylic acids is 7. The zero-order valence-electron chi connectivity index (χ0n) is 54.7. The standard InChI is InChI=1S/C30H47N7O8S.C26H40N6O6S.4CO2/c1-32-7-8-33(2)10-12-36(21-29(42)43)18-26(17-24-3-5-25(6-4-24)31-23-46)37(22-30(44)45)16-15-35(20-28(40)41)14-13-34(11-9-32)19-27(38)39;1-28-7-8-29(2)10-14-32(19-26(37)38)23(15-21-3-5-22(6-4-21)27-20-39)16-31(18-25(35)36)13-12-30(11-9-28)17-24(33)34;4*2-1-3/h3-6,26H,7-22H2,1-2H3,(H,38,39)(H,40,41)(H,42,43)(H,44,45);3-6,23H,7-19H2,1-2H3,(H,33,34)(H,35,36)(H,37,38);;;;. The number of nitrogens with zero attached hydrogens (tertiary/aromatic N) is 13. The van der Waals surface area contributed by atoms with E-state index in [1.54, 1.807) is 31.7 Å². The van der Waals surface area contributed by atoms with Gasteiger partial charge in [-0.15, -0.1) is 0 Å². The van der Waals surface area contributed by atoms with Crippen LogP contribution in [-0.4, -0.2) is 383 Å². The molecular weight excluding hydrogens is 1320 g/mol. The lowest BCUT2D eigenvalue weighted by Crippen LogP contribution is -2.52. The number of rotatable bonds is 20. The number of carboxylic acid groups (broad SMARTS) is 7. The van der Waals surface area contributed by atoms with Crippen LogP contribution >= 0.6 is 24.4 Å². The minimum absolute atomic E-state index is 0.139. The van der Waals surface area contributed by atoms with Crippen molar-refractivity contribution in [2.75, 3.05) is 205 Å². The molecule has 35 nitrogen and oxygen atoms in total. The third-order valence-corrected chi connectivity index (χ3v) is 14.8. The molecule has 37 heteroatoms. The molecule has 2 aliphatic heterocycles. The lowest BCUT2D eigenvalue weighted by atomic mass is 10.0. The lowest BCUT2D eigenvalue weighted by molar-refractivity contribution is -0.193. The number of aliphatic imine (C=N–C) groups is 2. The Balaban J connectivity index is 0. The quantitative estimate of drug-likeness (QED) is 0.0546. The van der Waals surface area contributed by atoms with Gasteiger partial charge < -0.3 is 55.3 Å². The fourth-order valence-electron chi connectivity index (χ4n) is 9.84. The van der Waals surface area contributed by atoms with Crippen molar-refractivity contribution >= 4 is 113 Å². The van der Waals surface area contributed by atoms with Gasteiger partial charge in [0.15, 0.2) is 0 Å². The maximum absolute atomic E-state index is 12.1. The minimum Gasteiger partial charge on any atom is -0.480 e. The van der Waals surface area contributed by atoms with Crippen molar-refractivity contribution in [2.24, 2.45) is 9.98 Å². The van der Waals surface area contributed by atoms with Crippen LogP contribution in [-0.2, 0) is 84.8 Å². The van der Waals surface area contributed by atoms with Crippen LogP contribution in [0.4, 0.5) is 11.4 Å². The van der Waals surface area contributed by atoms with E-state index in [4.69, 9.17) is 38.4 Å². The minimum atomic E-state index is -1.07. The molecule has 2 unspecified atom stereocenters. The second-order valence-electron chi connectivity index (χ2n) is 22.0. The van der Waals surface area contributed by atoms with E-state index < -0.39 is 47.8 Å². The first kappa shape index (κ1) is 90.5. The van der Waals surface area contributed by atoms with Crippen molar-refractivity contribution in [1.82, 2.24) is 53.9 Å². The summed E-state index contributed by atoms with van der Waals surface area (Å²) in [6, 6.07) is 14.0. The highest BCUT2D eigenvalue weighted by Gasteiger charge is 2.29. The number of thiocarbonyl (C=S) groups is 2. The number of hydrogen-bond acceptors (Lipinski definition) is 30. The van der Waals surface area contributed by atoms with Gasteiger partial charge in [-0.3, -0.25) is 67.9 Å². The fourth-order valence-corrected chi connectivity index (χ4v) is 10.1. The highest BCUT2D eigenvalue weighted by atomic mass is 32.1. The number of isothiocyanates is 2. The molecule has 2 atom stereocenters. The summed E-state index contributed by atoms with van der Waals surface area (Å²) in [5, 5.41) is 72.1. The number of hydrogen-bond donors (Lipinski definition) is 7. The fraction of sp³-hybridized carbons (Fsp3) is 0.583. The van der Waals surface area contributed by atoms with Gasteiger partial charge in [0, 0.05) is 143 Å². The summed E-state index contributed by atoms with van der Waals surface area (Å²) in [4.78, 5) is 176. The monoisotopic (exact) mass is 1410 g/mol. The van der Waals surface area contributed by atoms with Gasteiger partial charge in [0.2, 0.25) is 0 Å². The Morgan fingerprint density at radius 2 is 0.536 bits per heavy atom. The van der Waals surface area contributed by atoms with Crippen LogP contribution in [0.1, 0.15) is 11.1 Å². The maximum atomic E-state index is 12.1. The molecule has 0 saturated carbocycles. The van der Waals surface area contributed by atoms with Gasteiger partial charge in [0.25, 0.3) is 0 Å². The summed E-state index contributed by atoms with van der Waals surface area (Å²) >= 11 is 9.36. The number of carbonyl (C=O) groups excluding carboxylic acids is 8. The molecule has 97 heavy (non-hydrogen) atoms. The second kappa shape index (κ2) is 55.5. The van der Waals surface area contributed by atoms with Crippen LogP contribution in [0.5, 0.6) is 0 Å². The summed E-state index contributed by atoms with van der Waals surface area (Å²) in [6.07, 6.45) is 1.90. The van der Waals surface area contributed by atoms with E-state index in [1.807, 2.05) is 79.3 Å². The summed E-state index contributed by atoms with van der Waals surface area (Å²) in [7, 11) is 7.88. The molecule has 2 aromatic carbocycles. The molecule has 536 valence electrons. The molecule has 2 fully saturated rings. The van der Waals surface area contributed by atoms with Crippen molar-refractivity contribution in [1.29, 1.82) is 0 Å². The Bertz CT molecular complexity index is 2870. The first-order chi connectivity index (χ1) is 46.0. The summed E-state index contributed by atoms with van der Waals surface area (Å²) in [5.41, 5.74) is 3.12. The maximum Gasteiger partial charge on any atom is 0.373 e.